The van der Waals surface area contributed by atoms with Crippen LogP contribution in [0.2, 0.25) is 0 Å². The third kappa shape index (κ3) is 3.01. The molecule has 0 saturated carbocycles. The van der Waals surface area contributed by atoms with Crippen LogP contribution in [-0.2, 0) is 23.0 Å². The maximum atomic E-state index is 13.4. The largest absolute Gasteiger partial charge is 0.339 e. The number of benzene rings is 1. The van der Waals surface area contributed by atoms with E-state index in [0.29, 0.717) is 18.1 Å². The smallest absolute Gasteiger partial charge is 0.226 e. The number of halogens is 1. The Labute approximate surface area is 107 Å². The molecule has 0 aliphatic heterocycles. The Balaban J connectivity index is 2.09. The Kier molecular flexibility index (Phi) is 4.19. The van der Waals surface area contributed by atoms with Crippen molar-refractivity contribution in [3.8, 4) is 0 Å². The molecule has 1 aromatic carbocycles. The van der Waals surface area contributed by atoms with Gasteiger partial charge in [0.1, 0.15) is 5.82 Å². The van der Waals surface area contributed by atoms with E-state index in [1.807, 2.05) is 6.92 Å². The Morgan fingerprint density at radius 3 is 2.89 bits per heavy atom. The number of rotatable bonds is 5. The highest BCUT2D eigenvalue weighted by molar-refractivity contribution is 7.84. The minimum atomic E-state index is -1.50. The van der Waals surface area contributed by atoms with Crippen LogP contribution in [0.5, 0.6) is 0 Å². The van der Waals surface area contributed by atoms with Gasteiger partial charge in [-0.1, -0.05) is 24.2 Å². The molecular formula is C12H13FN2O2S. The molecule has 96 valence electrons. The maximum absolute atomic E-state index is 13.4. The third-order valence-electron chi connectivity index (χ3n) is 2.32. The van der Waals surface area contributed by atoms with Crippen LogP contribution < -0.4 is 0 Å². The molecule has 18 heavy (non-hydrogen) atoms. The standard InChI is InChI=1S/C12H13FN2O2S/c1-2-5-12-14-11(15-17-12)8-18(16)10-7-4-3-6-9(10)13/h3-4,6-7H,2,5,8H2,1H3. The highest BCUT2D eigenvalue weighted by atomic mass is 32.2. The quantitative estimate of drug-likeness (QED) is 0.836. The summed E-state index contributed by atoms with van der Waals surface area (Å²) in [5.74, 6) is 0.458. The first-order valence-corrected chi connectivity index (χ1v) is 6.97. The van der Waals surface area contributed by atoms with Gasteiger partial charge in [-0.05, 0) is 18.6 Å². The highest BCUT2D eigenvalue weighted by Crippen LogP contribution is 2.14. The van der Waals surface area contributed by atoms with E-state index in [1.165, 1.54) is 12.1 Å². The molecule has 0 spiro atoms. The summed E-state index contributed by atoms with van der Waals surface area (Å²) in [6.45, 7) is 2.00. The zero-order chi connectivity index (χ0) is 13.0. The first-order valence-electron chi connectivity index (χ1n) is 5.65. The average Bonchev–Trinajstić information content (AvgIpc) is 2.77. The molecule has 1 heterocycles. The molecule has 1 atom stereocenters. The van der Waals surface area contributed by atoms with E-state index in [-0.39, 0.29) is 10.6 Å². The van der Waals surface area contributed by atoms with Crippen LogP contribution in [-0.4, -0.2) is 14.3 Å². The van der Waals surface area contributed by atoms with Crippen LogP contribution in [0.4, 0.5) is 4.39 Å². The van der Waals surface area contributed by atoms with E-state index in [4.69, 9.17) is 4.52 Å². The van der Waals surface area contributed by atoms with Crippen molar-refractivity contribution in [3.63, 3.8) is 0 Å². The molecule has 1 aromatic heterocycles. The molecule has 0 N–H and O–H groups in total. The van der Waals surface area contributed by atoms with Crippen molar-refractivity contribution in [3.05, 3.63) is 41.8 Å². The first kappa shape index (κ1) is 12.9. The normalized spacial score (nSPS) is 12.6. The van der Waals surface area contributed by atoms with Gasteiger partial charge in [0.25, 0.3) is 0 Å². The molecule has 1 unspecified atom stereocenters. The van der Waals surface area contributed by atoms with Gasteiger partial charge < -0.3 is 4.52 Å². The Hall–Kier alpha value is -1.56. The van der Waals surface area contributed by atoms with E-state index in [1.54, 1.807) is 12.1 Å². The maximum Gasteiger partial charge on any atom is 0.226 e. The molecule has 0 radical (unpaired) electrons. The molecule has 6 heteroatoms. The molecule has 0 saturated heterocycles. The lowest BCUT2D eigenvalue weighted by Gasteiger charge is -2.00. The highest BCUT2D eigenvalue weighted by Gasteiger charge is 2.14. The van der Waals surface area contributed by atoms with Crippen molar-refractivity contribution in [2.75, 3.05) is 0 Å². The second-order valence-corrected chi connectivity index (χ2v) is 5.19. The fourth-order valence-electron chi connectivity index (χ4n) is 1.49. The molecule has 2 aromatic rings. The summed E-state index contributed by atoms with van der Waals surface area (Å²) in [5.41, 5.74) is 0. The zero-order valence-corrected chi connectivity index (χ0v) is 10.7. The molecular weight excluding hydrogens is 255 g/mol. The van der Waals surface area contributed by atoms with Crippen molar-refractivity contribution in [2.24, 2.45) is 0 Å². The van der Waals surface area contributed by atoms with E-state index in [0.717, 1.165) is 6.42 Å². The summed E-state index contributed by atoms with van der Waals surface area (Å²) in [4.78, 5) is 4.27. The van der Waals surface area contributed by atoms with Gasteiger partial charge in [-0.25, -0.2) is 4.39 Å². The van der Waals surface area contributed by atoms with E-state index in [2.05, 4.69) is 10.1 Å². The summed E-state index contributed by atoms with van der Waals surface area (Å²) in [7, 11) is -1.50. The molecule has 4 nitrogen and oxygen atoms in total. The van der Waals surface area contributed by atoms with Crippen molar-refractivity contribution in [2.45, 2.75) is 30.4 Å². The van der Waals surface area contributed by atoms with Gasteiger partial charge in [0.15, 0.2) is 5.82 Å². The monoisotopic (exact) mass is 268 g/mol. The number of nitrogens with zero attached hydrogens (tertiary/aromatic N) is 2. The predicted molar refractivity (Wildman–Crippen MR) is 64.8 cm³/mol. The second kappa shape index (κ2) is 5.86. The van der Waals surface area contributed by atoms with Gasteiger partial charge in [0.05, 0.1) is 21.4 Å². The molecule has 0 aliphatic carbocycles. The Morgan fingerprint density at radius 2 is 2.17 bits per heavy atom. The molecule has 0 aliphatic rings. The molecule has 0 fully saturated rings. The van der Waals surface area contributed by atoms with Crippen LogP contribution in [0, 0.1) is 5.82 Å². The number of hydrogen-bond donors (Lipinski definition) is 0. The minimum absolute atomic E-state index is 0.0636. The summed E-state index contributed by atoms with van der Waals surface area (Å²) < 4.78 is 30.3. The SMILES string of the molecule is CCCc1nc(CS(=O)c2ccccc2F)no1. The van der Waals surface area contributed by atoms with Gasteiger partial charge in [-0.2, -0.15) is 4.98 Å². The minimum Gasteiger partial charge on any atom is -0.339 e. The van der Waals surface area contributed by atoms with E-state index in [9.17, 15) is 8.60 Å². The van der Waals surface area contributed by atoms with Crippen LogP contribution in [0.25, 0.3) is 0 Å². The zero-order valence-electron chi connectivity index (χ0n) is 9.93. The Morgan fingerprint density at radius 1 is 1.39 bits per heavy atom. The van der Waals surface area contributed by atoms with Crippen molar-refractivity contribution >= 4 is 10.8 Å². The predicted octanol–water partition coefficient (Wildman–Crippen LogP) is 2.47. The second-order valence-electron chi connectivity index (χ2n) is 3.77. The topological polar surface area (TPSA) is 56.0 Å². The Bertz CT molecular complexity index is 557. The molecule has 0 amide bonds. The molecule has 0 bridgehead atoms. The van der Waals surface area contributed by atoms with E-state index < -0.39 is 16.6 Å². The van der Waals surface area contributed by atoms with Gasteiger partial charge in [0.2, 0.25) is 5.89 Å². The number of aromatic nitrogens is 2. The van der Waals surface area contributed by atoms with Gasteiger partial charge in [0, 0.05) is 6.42 Å². The summed E-state index contributed by atoms with van der Waals surface area (Å²) in [6, 6.07) is 5.99. The van der Waals surface area contributed by atoms with Gasteiger partial charge >= 0.3 is 0 Å². The lowest BCUT2D eigenvalue weighted by molar-refractivity contribution is 0.373. The lowest BCUT2D eigenvalue weighted by Crippen LogP contribution is -2.00. The van der Waals surface area contributed by atoms with Crippen LogP contribution in [0.3, 0.4) is 0 Å². The fraction of sp³-hybridized carbons (Fsp3) is 0.333. The van der Waals surface area contributed by atoms with Crippen molar-refractivity contribution in [1.29, 1.82) is 0 Å². The van der Waals surface area contributed by atoms with Crippen molar-refractivity contribution < 1.29 is 13.1 Å². The van der Waals surface area contributed by atoms with Crippen molar-refractivity contribution in [1.82, 2.24) is 10.1 Å². The average molecular weight is 268 g/mol. The fourth-order valence-corrected chi connectivity index (χ4v) is 2.51. The third-order valence-corrected chi connectivity index (χ3v) is 3.66. The van der Waals surface area contributed by atoms with Crippen LogP contribution in [0.1, 0.15) is 25.1 Å². The summed E-state index contributed by atoms with van der Waals surface area (Å²) >= 11 is 0. The summed E-state index contributed by atoms with van der Waals surface area (Å²) in [6.07, 6.45) is 1.59. The first-order chi connectivity index (χ1) is 8.70. The number of aryl methyl sites for hydroxylation is 1. The van der Waals surface area contributed by atoms with Gasteiger partial charge in [-0.3, -0.25) is 4.21 Å². The lowest BCUT2D eigenvalue weighted by atomic mass is 10.3. The molecule has 2 rings (SSSR count). The summed E-state index contributed by atoms with van der Waals surface area (Å²) in [5, 5.41) is 3.73. The van der Waals surface area contributed by atoms with E-state index >= 15 is 0 Å². The van der Waals surface area contributed by atoms with Crippen LogP contribution in [0.15, 0.2) is 33.7 Å². The van der Waals surface area contributed by atoms with Crippen LogP contribution >= 0.6 is 0 Å². The number of hydrogen-bond acceptors (Lipinski definition) is 4. The van der Waals surface area contributed by atoms with Gasteiger partial charge in [-0.15, -0.1) is 0 Å².